The van der Waals surface area contributed by atoms with E-state index >= 15 is 0 Å². The fourth-order valence-corrected chi connectivity index (χ4v) is 2.70. The third-order valence-corrected chi connectivity index (χ3v) is 2.25. The molecule has 0 aliphatic heterocycles. The topological polar surface area (TPSA) is 3.24 Å². The Bertz CT molecular complexity index is 74.6. The van der Waals surface area contributed by atoms with Gasteiger partial charge in [0.05, 0.1) is 0 Å². The fourth-order valence-electron chi connectivity index (χ4n) is 1.42. The highest BCUT2D eigenvalue weighted by atomic mass is 127. The van der Waals surface area contributed by atoms with Crippen molar-refractivity contribution in [3.63, 3.8) is 0 Å². The monoisotopic (exact) mass is 253 g/mol. The summed E-state index contributed by atoms with van der Waals surface area (Å²) in [5, 5.41) is 0. The molecule has 0 saturated heterocycles. The minimum atomic E-state index is 0.637. The molecule has 0 N–H and O–H groups in total. The molecule has 0 radical (unpaired) electrons. The zero-order valence-corrected chi connectivity index (χ0v) is 9.71. The molecule has 0 aromatic carbocycles. The van der Waals surface area contributed by atoms with Crippen LogP contribution in [0.2, 0.25) is 6.82 Å². The fraction of sp³-hybridized carbons (Fsp3) is 1.00. The van der Waals surface area contributed by atoms with Gasteiger partial charge < -0.3 is 4.81 Å². The van der Waals surface area contributed by atoms with Gasteiger partial charge in [-0.25, -0.2) is 0 Å². The zero-order chi connectivity index (χ0) is 8.31. The van der Waals surface area contributed by atoms with Crippen molar-refractivity contribution in [3.05, 3.63) is 0 Å². The molecule has 0 atom stereocenters. The van der Waals surface area contributed by atoms with Crippen LogP contribution in [0.1, 0.15) is 27.7 Å². The lowest BCUT2D eigenvalue weighted by molar-refractivity contribution is 0.312. The summed E-state index contributed by atoms with van der Waals surface area (Å²) < 4.78 is 0.637. The molecule has 0 bridgehead atoms. The quantitative estimate of drug-likeness (QED) is 0.552. The molecule has 0 aromatic heterocycles. The molecule has 0 spiro atoms. The SMILES string of the molecule is CB(I)N(C(C)C)C(C)C. The van der Waals surface area contributed by atoms with Crippen LogP contribution in [0.15, 0.2) is 0 Å². The standard InChI is InChI=1S/C7H17BIN/c1-6(2)10(7(3)4)8(5)9/h6-7H,1-5H3. The summed E-state index contributed by atoms with van der Waals surface area (Å²) in [6.45, 7) is 11.2. The minimum absolute atomic E-state index is 0.637. The van der Waals surface area contributed by atoms with E-state index in [-0.39, 0.29) is 0 Å². The molecule has 0 rings (SSSR count). The highest BCUT2D eigenvalue weighted by Gasteiger charge is 2.19. The Labute approximate surface area is 78.5 Å². The van der Waals surface area contributed by atoms with Gasteiger partial charge in [-0.2, -0.15) is 0 Å². The summed E-state index contributed by atoms with van der Waals surface area (Å²) in [6.07, 6.45) is 0. The van der Waals surface area contributed by atoms with Crippen LogP contribution in [-0.4, -0.2) is 21.6 Å². The van der Waals surface area contributed by atoms with Gasteiger partial charge in [-0.3, -0.25) is 0 Å². The van der Waals surface area contributed by atoms with Crippen LogP contribution in [0.25, 0.3) is 0 Å². The first-order valence-electron chi connectivity index (χ1n) is 3.88. The maximum absolute atomic E-state index is 2.49. The third kappa shape index (κ3) is 3.24. The van der Waals surface area contributed by atoms with E-state index in [0.29, 0.717) is 16.8 Å². The number of halogens is 1. The van der Waals surface area contributed by atoms with Crippen molar-refractivity contribution in [2.75, 3.05) is 0 Å². The average Bonchev–Trinajstić information content (AvgIpc) is 1.59. The van der Waals surface area contributed by atoms with E-state index < -0.39 is 0 Å². The first-order valence-corrected chi connectivity index (χ1v) is 5.13. The molecule has 0 aliphatic rings. The van der Waals surface area contributed by atoms with Gasteiger partial charge in [0.1, 0.15) is 0 Å². The first kappa shape index (κ1) is 10.8. The van der Waals surface area contributed by atoms with Gasteiger partial charge in [0.15, 0.2) is 0 Å². The normalized spacial score (nSPS) is 11.7. The summed E-state index contributed by atoms with van der Waals surface area (Å²) in [5.41, 5.74) is 0. The molecule has 1 nitrogen and oxygen atoms in total. The van der Waals surface area contributed by atoms with E-state index in [2.05, 4.69) is 61.7 Å². The second-order valence-electron chi connectivity index (χ2n) is 3.21. The van der Waals surface area contributed by atoms with Crippen molar-refractivity contribution < 1.29 is 0 Å². The molecular weight excluding hydrogens is 236 g/mol. The Morgan fingerprint density at radius 3 is 1.40 bits per heavy atom. The molecule has 0 heterocycles. The predicted octanol–water partition coefficient (Wildman–Crippen LogP) is 2.66. The van der Waals surface area contributed by atoms with Gasteiger partial charge in [-0.15, -0.1) is 22.4 Å². The Morgan fingerprint density at radius 2 is 1.40 bits per heavy atom. The van der Waals surface area contributed by atoms with E-state index in [0.717, 1.165) is 0 Å². The van der Waals surface area contributed by atoms with Crippen LogP contribution in [0, 0.1) is 0 Å². The van der Waals surface area contributed by atoms with Gasteiger partial charge in [0.25, 0.3) is 4.70 Å². The number of rotatable bonds is 3. The number of nitrogens with zero attached hydrogens (tertiary/aromatic N) is 1. The van der Waals surface area contributed by atoms with E-state index in [4.69, 9.17) is 0 Å². The molecule has 0 unspecified atom stereocenters. The number of hydrogen-bond donors (Lipinski definition) is 0. The molecule has 0 aromatic rings. The predicted molar refractivity (Wildman–Crippen MR) is 57.7 cm³/mol. The van der Waals surface area contributed by atoms with Crippen LogP contribution in [0.3, 0.4) is 0 Å². The summed E-state index contributed by atoms with van der Waals surface area (Å²) in [4.78, 5) is 2.49. The lowest BCUT2D eigenvalue weighted by atomic mass is 9.91. The van der Waals surface area contributed by atoms with Crippen LogP contribution in [0.5, 0.6) is 0 Å². The van der Waals surface area contributed by atoms with Crippen LogP contribution in [0.4, 0.5) is 0 Å². The summed E-state index contributed by atoms with van der Waals surface area (Å²) in [7, 11) is 0. The average molecular weight is 253 g/mol. The van der Waals surface area contributed by atoms with Crippen LogP contribution < -0.4 is 0 Å². The van der Waals surface area contributed by atoms with Crippen LogP contribution >= 0.6 is 22.4 Å². The Balaban J connectivity index is 3.98. The molecule has 0 aliphatic carbocycles. The molecule has 0 amide bonds. The molecule has 60 valence electrons. The van der Waals surface area contributed by atoms with E-state index in [1.54, 1.807) is 0 Å². The first-order chi connectivity index (χ1) is 4.46. The largest absolute Gasteiger partial charge is 0.329 e. The lowest BCUT2D eigenvalue weighted by Gasteiger charge is -2.31. The van der Waals surface area contributed by atoms with Gasteiger partial charge in [0.2, 0.25) is 0 Å². The molecule has 3 heteroatoms. The van der Waals surface area contributed by atoms with Crippen molar-refractivity contribution >= 4 is 27.1 Å². The van der Waals surface area contributed by atoms with Crippen molar-refractivity contribution in [1.29, 1.82) is 0 Å². The molecular formula is C7H17BIN. The second-order valence-corrected chi connectivity index (χ2v) is 5.01. The zero-order valence-electron chi connectivity index (χ0n) is 7.56. The minimum Gasteiger partial charge on any atom is -0.329 e. The highest BCUT2D eigenvalue weighted by molar-refractivity contribution is 14.1. The van der Waals surface area contributed by atoms with Crippen molar-refractivity contribution in [2.45, 2.75) is 46.6 Å². The van der Waals surface area contributed by atoms with Gasteiger partial charge in [-0.05, 0) is 12.1 Å². The van der Waals surface area contributed by atoms with Gasteiger partial charge >= 0.3 is 0 Å². The Hall–Kier alpha value is 0.755. The molecule has 0 saturated carbocycles. The highest BCUT2D eigenvalue weighted by Crippen LogP contribution is 2.11. The van der Waals surface area contributed by atoms with Crippen molar-refractivity contribution in [2.24, 2.45) is 0 Å². The number of hydrogen-bond acceptors (Lipinski definition) is 1. The van der Waals surface area contributed by atoms with E-state index in [9.17, 15) is 0 Å². The maximum atomic E-state index is 2.49. The lowest BCUT2D eigenvalue weighted by Crippen LogP contribution is -2.43. The van der Waals surface area contributed by atoms with Crippen molar-refractivity contribution in [3.8, 4) is 0 Å². The summed E-state index contributed by atoms with van der Waals surface area (Å²) in [6, 6.07) is 1.32. The van der Waals surface area contributed by atoms with Crippen molar-refractivity contribution in [1.82, 2.24) is 4.81 Å². The maximum Gasteiger partial charge on any atom is 0.294 e. The summed E-state index contributed by atoms with van der Waals surface area (Å²) in [5.74, 6) is 0. The van der Waals surface area contributed by atoms with Crippen LogP contribution in [-0.2, 0) is 0 Å². The Kier molecular flexibility index (Phi) is 4.94. The van der Waals surface area contributed by atoms with Gasteiger partial charge in [0, 0.05) is 0 Å². The summed E-state index contributed by atoms with van der Waals surface area (Å²) >= 11 is 2.46. The smallest absolute Gasteiger partial charge is 0.294 e. The van der Waals surface area contributed by atoms with E-state index in [1.165, 1.54) is 0 Å². The Morgan fingerprint density at radius 1 is 1.10 bits per heavy atom. The van der Waals surface area contributed by atoms with E-state index in [1.807, 2.05) is 0 Å². The molecule has 0 fully saturated rings. The second kappa shape index (κ2) is 4.60. The molecule has 10 heavy (non-hydrogen) atoms. The third-order valence-electron chi connectivity index (χ3n) is 1.60. The van der Waals surface area contributed by atoms with Gasteiger partial charge in [-0.1, -0.05) is 34.5 Å².